The zero-order chi connectivity index (χ0) is 10.6. The highest BCUT2D eigenvalue weighted by molar-refractivity contribution is 6.30. The maximum Gasteiger partial charge on any atom is 0.519 e. The molecule has 4 unspecified atom stereocenters. The van der Waals surface area contributed by atoms with E-state index in [1.165, 1.54) is 0 Å². The third-order valence-corrected chi connectivity index (χ3v) is 2.82. The molecule has 3 heterocycles. The van der Waals surface area contributed by atoms with Crippen LogP contribution in [-0.2, 0) is 18.9 Å². The van der Waals surface area contributed by atoms with Crippen molar-refractivity contribution in [1.29, 1.82) is 0 Å². The van der Waals surface area contributed by atoms with Crippen LogP contribution in [0.4, 0.5) is 9.59 Å². The van der Waals surface area contributed by atoms with E-state index < -0.39 is 36.7 Å². The SMILES string of the molecule is O=C1OC(=O)OC2C3OC(C=C3Cl)C2O1. The Morgan fingerprint density at radius 1 is 1.13 bits per heavy atom. The second kappa shape index (κ2) is 2.86. The summed E-state index contributed by atoms with van der Waals surface area (Å²) in [5.41, 5.74) is 0. The van der Waals surface area contributed by atoms with E-state index in [2.05, 4.69) is 4.74 Å². The van der Waals surface area contributed by atoms with Crippen molar-refractivity contribution >= 4 is 23.9 Å². The number of ether oxygens (including phenoxy) is 4. The van der Waals surface area contributed by atoms with Crippen molar-refractivity contribution in [3.8, 4) is 0 Å². The van der Waals surface area contributed by atoms with Crippen LogP contribution in [0.15, 0.2) is 11.1 Å². The van der Waals surface area contributed by atoms with E-state index in [0.717, 1.165) is 0 Å². The van der Waals surface area contributed by atoms with Crippen LogP contribution in [0.3, 0.4) is 0 Å². The average Bonchev–Trinajstić information content (AvgIpc) is 2.59. The zero-order valence-electron chi connectivity index (χ0n) is 7.21. The van der Waals surface area contributed by atoms with Gasteiger partial charge in [0.25, 0.3) is 0 Å². The van der Waals surface area contributed by atoms with Gasteiger partial charge in [-0.05, 0) is 6.08 Å². The van der Waals surface area contributed by atoms with Crippen molar-refractivity contribution < 1.29 is 28.5 Å². The summed E-state index contributed by atoms with van der Waals surface area (Å²) in [5.74, 6) is 0. The molecule has 0 aromatic carbocycles. The molecule has 2 fully saturated rings. The van der Waals surface area contributed by atoms with Crippen molar-refractivity contribution in [3.05, 3.63) is 11.1 Å². The van der Waals surface area contributed by atoms with Gasteiger partial charge in [0.15, 0.2) is 12.2 Å². The number of rotatable bonds is 0. The lowest BCUT2D eigenvalue weighted by Gasteiger charge is -2.20. The van der Waals surface area contributed by atoms with Gasteiger partial charge in [0.1, 0.15) is 12.2 Å². The molecule has 2 saturated heterocycles. The van der Waals surface area contributed by atoms with Gasteiger partial charge in [-0.3, -0.25) is 0 Å². The molecule has 3 aliphatic rings. The third kappa shape index (κ3) is 1.22. The van der Waals surface area contributed by atoms with Gasteiger partial charge < -0.3 is 18.9 Å². The largest absolute Gasteiger partial charge is 0.519 e. The fourth-order valence-electron chi connectivity index (χ4n) is 1.89. The minimum atomic E-state index is -1.09. The minimum absolute atomic E-state index is 0.451. The van der Waals surface area contributed by atoms with Crippen molar-refractivity contribution in [3.63, 3.8) is 0 Å². The molecule has 0 radical (unpaired) electrons. The van der Waals surface area contributed by atoms with Crippen LogP contribution in [0, 0.1) is 0 Å². The van der Waals surface area contributed by atoms with Gasteiger partial charge in [0.05, 0.1) is 0 Å². The summed E-state index contributed by atoms with van der Waals surface area (Å²) < 4.78 is 19.2. The summed E-state index contributed by atoms with van der Waals surface area (Å²) in [6, 6.07) is 0. The van der Waals surface area contributed by atoms with Crippen molar-refractivity contribution in [2.24, 2.45) is 0 Å². The summed E-state index contributed by atoms with van der Waals surface area (Å²) in [4.78, 5) is 21.9. The van der Waals surface area contributed by atoms with Crippen LogP contribution in [0.1, 0.15) is 0 Å². The Labute approximate surface area is 88.7 Å². The van der Waals surface area contributed by atoms with Crippen LogP contribution in [0.2, 0.25) is 0 Å². The first-order chi connectivity index (χ1) is 7.15. The zero-order valence-corrected chi connectivity index (χ0v) is 7.97. The first-order valence-electron chi connectivity index (χ1n) is 4.27. The van der Waals surface area contributed by atoms with Crippen LogP contribution in [0.5, 0.6) is 0 Å². The van der Waals surface area contributed by atoms with Gasteiger partial charge in [-0.15, -0.1) is 0 Å². The molecule has 0 amide bonds. The maximum absolute atomic E-state index is 11.0. The maximum atomic E-state index is 11.0. The fourth-order valence-corrected chi connectivity index (χ4v) is 2.19. The van der Waals surface area contributed by atoms with E-state index in [0.29, 0.717) is 5.03 Å². The molecule has 3 aliphatic heterocycles. The van der Waals surface area contributed by atoms with Gasteiger partial charge in [0, 0.05) is 5.03 Å². The van der Waals surface area contributed by atoms with Gasteiger partial charge in [0.2, 0.25) is 0 Å². The van der Waals surface area contributed by atoms with Gasteiger partial charge in [-0.25, -0.2) is 9.59 Å². The summed E-state index contributed by atoms with van der Waals surface area (Å²) in [5, 5.41) is 0.451. The normalized spacial score (nSPS) is 42.3. The molecule has 0 aromatic heterocycles. The highest BCUT2D eigenvalue weighted by atomic mass is 35.5. The number of cyclic esters (lactones) is 2. The Balaban J connectivity index is 1.93. The number of hydrogen-bond donors (Lipinski definition) is 0. The Bertz CT molecular complexity index is 377. The summed E-state index contributed by atoms with van der Waals surface area (Å²) in [6.07, 6.45) is -2.95. The van der Waals surface area contributed by atoms with E-state index in [4.69, 9.17) is 25.8 Å². The lowest BCUT2D eigenvalue weighted by atomic mass is 10.0. The molecular weight excluding hydrogens is 228 g/mol. The molecule has 6 nitrogen and oxygen atoms in total. The monoisotopic (exact) mass is 232 g/mol. The molecule has 0 N–H and O–H groups in total. The standard InChI is InChI=1S/C8H5ClO6/c9-2-1-3-5-6(4(2)12-3)14-8(11)15-7(10)13-5/h1,3-6H. The Morgan fingerprint density at radius 3 is 2.53 bits per heavy atom. The van der Waals surface area contributed by atoms with Gasteiger partial charge >= 0.3 is 12.3 Å². The molecule has 80 valence electrons. The number of carbonyl (C=O) groups is 2. The molecular formula is C8H5ClO6. The van der Waals surface area contributed by atoms with Gasteiger partial charge in [-0.2, -0.15) is 0 Å². The molecule has 2 bridgehead atoms. The smallest absolute Gasteiger partial charge is 0.423 e. The molecule has 4 atom stereocenters. The first-order valence-corrected chi connectivity index (χ1v) is 4.65. The molecule has 3 rings (SSSR count). The Kier molecular flexibility index (Phi) is 1.72. The van der Waals surface area contributed by atoms with Crippen molar-refractivity contribution in [2.75, 3.05) is 0 Å². The Hall–Kier alpha value is -1.27. The third-order valence-electron chi connectivity index (χ3n) is 2.48. The van der Waals surface area contributed by atoms with Crippen LogP contribution in [0.25, 0.3) is 0 Å². The highest BCUT2D eigenvalue weighted by Gasteiger charge is 2.56. The molecule has 0 aliphatic carbocycles. The summed E-state index contributed by atoms with van der Waals surface area (Å²) in [6.45, 7) is 0. The first kappa shape index (κ1) is 8.99. The van der Waals surface area contributed by atoms with Crippen molar-refractivity contribution in [2.45, 2.75) is 24.4 Å². The predicted octanol–water partition coefficient (Wildman–Crippen LogP) is 0.931. The molecule has 0 aromatic rings. The predicted molar refractivity (Wildman–Crippen MR) is 44.2 cm³/mol. The topological polar surface area (TPSA) is 71.1 Å². The minimum Gasteiger partial charge on any atom is -0.423 e. The Morgan fingerprint density at radius 2 is 1.80 bits per heavy atom. The fraction of sp³-hybridized carbons (Fsp3) is 0.500. The average molecular weight is 233 g/mol. The number of carbonyl (C=O) groups excluding carboxylic acids is 2. The van der Waals surface area contributed by atoms with E-state index in [-0.39, 0.29) is 0 Å². The second-order valence-electron chi connectivity index (χ2n) is 3.34. The summed E-state index contributed by atoms with van der Waals surface area (Å²) >= 11 is 5.83. The highest BCUT2D eigenvalue weighted by Crippen LogP contribution is 2.40. The van der Waals surface area contributed by atoms with E-state index >= 15 is 0 Å². The van der Waals surface area contributed by atoms with Gasteiger partial charge in [-0.1, -0.05) is 11.6 Å². The lowest BCUT2D eigenvalue weighted by Crippen LogP contribution is -2.39. The molecule has 15 heavy (non-hydrogen) atoms. The summed E-state index contributed by atoms with van der Waals surface area (Å²) in [7, 11) is 0. The number of halogens is 1. The molecule has 7 heteroatoms. The molecule has 0 saturated carbocycles. The van der Waals surface area contributed by atoms with Crippen LogP contribution < -0.4 is 0 Å². The second-order valence-corrected chi connectivity index (χ2v) is 3.78. The number of fused-ring (bicyclic) bond motifs is 5. The van der Waals surface area contributed by atoms with E-state index in [9.17, 15) is 9.59 Å². The molecule has 0 spiro atoms. The lowest BCUT2D eigenvalue weighted by molar-refractivity contribution is 0.0210. The van der Waals surface area contributed by atoms with E-state index in [1.54, 1.807) is 6.08 Å². The van der Waals surface area contributed by atoms with Crippen LogP contribution in [-0.4, -0.2) is 36.7 Å². The van der Waals surface area contributed by atoms with Crippen molar-refractivity contribution in [1.82, 2.24) is 0 Å². The quantitative estimate of drug-likeness (QED) is 0.457. The van der Waals surface area contributed by atoms with E-state index in [1.807, 2.05) is 0 Å². The van der Waals surface area contributed by atoms with Crippen LogP contribution >= 0.6 is 11.6 Å². The number of hydrogen-bond acceptors (Lipinski definition) is 6.